The molecule has 6 heteroatoms. The topological polar surface area (TPSA) is 61.4 Å². The fourth-order valence-corrected chi connectivity index (χ4v) is 4.80. The molecule has 4 heterocycles. The lowest BCUT2D eigenvalue weighted by atomic mass is 9.96. The smallest absolute Gasteiger partial charge is 0.237 e. The standard InChI is InChI=1S/C23H29N5O/c29-22(16-27-11-7-17-3-1-2-4-19(17)14-27)28-12-8-21-20(15-28)13-25-23(26-21)18-5-9-24-10-6-18/h1-4,13,18,24H,5-12,14-16H2. The van der Waals surface area contributed by atoms with Gasteiger partial charge in [0.1, 0.15) is 5.82 Å². The number of rotatable bonds is 3. The highest BCUT2D eigenvalue weighted by atomic mass is 16.2. The van der Waals surface area contributed by atoms with Gasteiger partial charge in [-0.25, -0.2) is 9.97 Å². The molecule has 29 heavy (non-hydrogen) atoms. The van der Waals surface area contributed by atoms with Crippen molar-refractivity contribution in [3.05, 3.63) is 58.7 Å². The maximum absolute atomic E-state index is 12.9. The van der Waals surface area contributed by atoms with Gasteiger partial charge >= 0.3 is 0 Å². The number of fused-ring (bicyclic) bond motifs is 2. The summed E-state index contributed by atoms with van der Waals surface area (Å²) in [6.07, 6.45) is 6.06. The average Bonchev–Trinajstić information content (AvgIpc) is 2.79. The van der Waals surface area contributed by atoms with Gasteiger partial charge in [-0.2, -0.15) is 0 Å². The first-order chi connectivity index (χ1) is 14.3. The molecule has 0 aliphatic carbocycles. The number of carbonyl (C=O) groups excluding carboxylic acids is 1. The fourth-order valence-electron chi connectivity index (χ4n) is 4.80. The Bertz CT molecular complexity index is 893. The van der Waals surface area contributed by atoms with Gasteiger partial charge in [0, 0.05) is 50.3 Å². The number of nitrogens with one attached hydrogen (secondary N) is 1. The van der Waals surface area contributed by atoms with Crippen molar-refractivity contribution in [2.24, 2.45) is 0 Å². The summed E-state index contributed by atoms with van der Waals surface area (Å²) in [5, 5.41) is 3.40. The van der Waals surface area contributed by atoms with Crippen molar-refractivity contribution in [2.75, 3.05) is 32.7 Å². The first-order valence-corrected chi connectivity index (χ1v) is 10.9. The summed E-state index contributed by atoms with van der Waals surface area (Å²) in [5.74, 6) is 1.69. The third-order valence-corrected chi connectivity index (χ3v) is 6.58. The first kappa shape index (κ1) is 18.7. The molecule has 152 valence electrons. The Morgan fingerprint density at radius 3 is 2.72 bits per heavy atom. The average molecular weight is 392 g/mol. The van der Waals surface area contributed by atoms with Crippen LogP contribution in [0.25, 0.3) is 0 Å². The van der Waals surface area contributed by atoms with Gasteiger partial charge in [-0.1, -0.05) is 24.3 Å². The van der Waals surface area contributed by atoms with Crippen LogP contribution in [0.3, 0.4) is 0 Å². The van der Waals surface area contributed by atoms with Crippen LogP contribution in [0.5, 0.6) is 0 Å². The Kier molecular flexibility index (Phi) is 5.29. The quantitative estimate of drug-likeness (QED) is 0.866. The zero-order valence-corrected chi connectivity index (χ0v) is 16.9. The Hall–Kier alpha value is -2.31. The van der Waals surface area contributed by atoms with Crippen LogP contribution in [0.15, 0.2) is 30.5 Å². The van der Waals surface area contributed by atoms with E-state index in [4.69, 9.17) is 4.98 Å². The number of carbonyl (C=O) groups is 1. The molecule has 1 amide bonds. The molecule has 0 spiro atoms. The molecule has 2 aromatic rings. The van der Waals surface area contributed by atoms with Crippen molar-refractivity contribution >= 4 is 5.91 Å². The predicted molar refractivity (Wildman–Crippen MR) is 111 cm³/mol. The van der Waals surface area contributed by atoms with Gasteiger partial charge < -0.3 is 10.2 Å². The lowest BCUT2D eigenvalue weighted by molar-refractivity contribution is -0.133. The van der Waals surface area contributed by atoms with Crippen molar-refractivity contribution in [1.29, 1.82) is 0 Å². The third-order valence-electron chi connectivity index (χ3n) is 6.58. The second-order valence-electron chi connectivity index (χ2n) is 8.52. The molecule has 6 nitrogen and oxygen atoms in total. The van der Waals surface area contributed by atoms with E-state index in [0.717, 1.165) is 75.5 Å². The Labute approximate surface area is 172 Å². The number of aromatic nitrogens is 2. The summed E-state index contributed by atoms with van der Waals surface area (Å²) in [6.45, 7) is 5.83. The van der Waals surface area contributed by atoms with Gasteiger partial charge in [0.2, 0.25) is 5.91 Å². The van der Waals surface area contributed by atoms with Crippen LogP contribution >= 0.6 is 0 Å². The maximum atomic E-state index is 12.9. The minimum Gasteiger partial charge on any atom is -0.337 e. The number of hydrogen-bond acceptors (Lipinski definition) is 5. The van der Waals surface area contributed by atoms with E-state index in [2.05, 4.69) is 39.5 Å². The second-order valence-corrected chi connectivity index (χ2v) is 8.52. The van der Waals surface area contributed by atoms with Crippen molar-refractivity contribution in [2.45, 2.75) is 44.7 Å². The molecular weight excluding hydrogens is 362 g/mol. The largest absolute Gasteiger partial charge is 0.337 e. The zero-order valence-electron chi connectivity index (χ0n) is 16.9. The molecule has 0 atom stereocenters. The molecule has 1 aromatic heterocycles. The van der Waals surface area contributed by atoms with E-state index >= 15 is 0 Å². The molecule has 0 bridgehead atoms. The molecule has 1 fully saturated rings. The molecule has 1 saturated heterocycles. The summed E-state index contributed by atoms with van der Waals surface area (Å²) in [6, 6.07) is 8.57. The van der Waals surface area contributed by atoms with Crippen molar-refractivity contribution in [3.8, 4) is 0 Å². The summed E-state index contributed by atoms with van der Waals surface area (Å²) >= 11 is 0. The molecule has 3 aliphatic rings. The molecule has 5 rings (SSSR count). The summed E-state index contributed by atoms with van der Waals surface area (Å²) in [7, 11) is 0. The molecule has 0 saturated carbocycles. The van der Waals surface area contributed by atoms with Gasteiger partial charge in [-0.3, -0.25) is 9.69 Å². The maximum Gasteiger partial charge on any atom is 0.237 e. The number of benzene rings is 1. The summed E-state index contributed by atoms with van der Waals surface area (Å²) < 4.78 is 0. The van der Waals surface area contributed by atoms with Gasteiger partial charge in [-0.05, 0) is 43.5 Å². The number of nitrogens with zero attached hydrogens (tertiary/aromatic N) is 4. The van der Waals surface area contributed by atoms with Crippen LogP contribution in [0.1, 0.15) is 47.0 Å². The highest BCUT2D eigenvalue weighted by Crippen LogP contribution is 2.25. The molecule has 1 N–H and O–H groups in total. The van der Waals surface area contributed by atoms with Gasteiger partial charge in [-0.15, -0.1) is 0 Å². The monoisotopic (exact) mass is 391 g/mol. The fraction of sp³-hybridized carbons (Fsp3) is 0.522. The SMILES string of the molecule is O=C(CN1CCc2ccccc2C1)N1CCc2nc(C3CCNCC3)ncc2C1. The van der Waals surface area contributed by atoms with E-state index in [-0.39, 0.29) is 5.91 Å². The van der Waals surface area contributed by atoms with Crippen molar-refractivity contribution in [3.63, 3.8) is 0 Å². The van der Waals surface area contributed by atoms with E-state index in [1.54, 1.807) is 0 Å². The molecule has 1 aromatic carbocycles. The van der Waals surface area contributed by atoms with Crippen molar-refractivity contribution < 1.29 is 4.79 Å². The van der Waals surface area contributed by atoms with Gasteiger partial charge in [0.25, 0.3) is 0 Å². The van der Waals surface area contributed by atoms with E-state index in [1.165, 1.54) is 11.1 Å². The Balaban J connectivity index is 1.21. The van der Waals surface area contributed by atoms with E-state index in [1.807, 2.05) is 11.1 Å². The van der Waals surface area contributed by atoms with Crippen LogP contribution in [-0.4, -0.2) is 58.4 Å². The van der Waals surface area contributed by atoms with Crippen LogP contribution in [0.4, 0.5) is 0 Å². The van der Waals surface area contributed by atoms with Crippen LogP contribution < -0.4 is 5.32 Å². The molecule has 3 aliphatic heterocycles. The van der Waals surface area contributed by atoms with E-state index < -0.39 is 0 Å². The molecule has 0 unspecified atom stereocenters. The van der Waals surface area contributed by atoms with Gasteiger partial charge in [0.15, 0.2) is 0 Å². The molecular formula is C23H29N5O. The number of amides is 1. The van der Waals surface area contributed by atoms with Crippen LogP contribution in [0, 0.1) is 0 Å². The lowest BCUT2D eigenvalue weighted by Crippen LogP contribution is -2.44. The van der Waals surface area contributed by atoms with Gasteiger partial charge in [0.05, 0.1) is 12.2 Å². The highest BCUT2D eigenvalue weighted by Gasteiger charge is 2.26. The highest BCUT2D eigenvalue weighted by molar-refractivity contribution is 5.78. The minimum absolute atomic E-state index is 0.220. The zero-order chi connectivity index (χ0) is 19.6. The van der Waals surface area contributed by atoms with E-state index in [0.29, 0.717) is 19.0 Å². The van der Waals surface area contributed by atoms with E-state index in [9.17, 15) is 4.79 Å². The predicted octanol–water partition coefficient (Wildman–Crippen LogP) is 1.89. The second kappa shape index (κ2) is 8.20. The Morgan fingerprint density at radius 1 is 1.03 bits per heavy atom. The number of piperidine rings is 1. The normalized spacial score (nSPS) is 20.2. The van der Waals surface area contributed by atoms with Crippen LogP contribution in [0.2, 0.25) is 0 Å². The lowest BCUT2D eigenvalue weighted by Gasteiger charge is -2.33. The number of hydrogen-bond donors (Lipinski definition) is 1. The summed E-state index contributed by atoms with van der Waals surface area (Å²) in [5.41, 5.74) is 5.04. The first-order valence-electron chi connectivity index (χ1n) is 10.9. The molecule has 0 radical (unpaired) electrons. The summed E-state index contributed by atoms with van der Waals surface area (Å²) in [4.78, 5) is 26.7. The van der Waals surface area contributed by atoms with Crippen LogP contribution in [-0.2, 0) is 30.7 Å². The van der Waals surface area contributed by atoms with Crippen molar-refractivity contribution in [1.82, 2.24) is 25.1 Å². The Morgan fingerprint density at radius 2 is 1.86 bits per heavy atom. The minimum atomic E-state index is 0.220. The third kappa shape index (κ3) is 4.05.